The molecule has 3 aromatic rings. The second-order valence-electron chi connectivity index (χ2n) is 5.85. The summed E-state index contributed by atoms with van der Waals surface area (Å²) in [6, 6.07) is 17.4. The molecule has 4 rings (SSSR count). The van der Waals surface area contributed by atoms with Crippen molar-refractivity contribution in [3.05, 3.63) is 60.4 Å². The minimum atomic E-state index is -0.222. The number of nitrogens with zero attached hydrogens (tertiary/aromatic N) is 1. The zero-order valence-electron chi connectivity index (χ0n) is 12.8. The number of nitrogens with one attached hydrogen (secondary N) is 1. The van der Waals surface area contributed by atoms with Crippen LogP contribution in [-0.2, 0) is 0 Å². The van der Waals surface area contributed by atoms with E-state index in [0.29, 0.717) is 5.76 Å². The van der Waals surface area contributed by atoms with Crippen molar-refractivity contribution >= 4 is 28.3 Å². The Labute approximate surface area is 134 Å². The van der Waals surface area contributed by atoms with E-state index in [2.05, 4.69) is 16.3 Å². The highest BCUT2D eigenvalue weighted by Gasteiger charge is 2.15. The number of amides is 1. The van der Waals surface area contributed by atoms with Crippen LogP contribution in [0.4, 0.5) is 11.4 Å². The van der Waals surface area contributed by atoms with Crippen molar-refractivity contribution in [3.63, 3.8) is 0 Å². The van der Waals surface area contributed by atoms with E-state index in [4.69, 9.17) is 4.42 Å². The monoisotopic (exact) mass is 306 g/mol. The smallest absolute Gasteiger partial charge is 0.291 e. The number of fused-ring (bicyclic) bond motifs is 1. The summed E-state index contributed by atoms with van der Waals surface area (Å²) >= 11 is 0. The highest BCUT2D eigenvalue weighted by molar-refractivity contribution is 6.04. The minimum absolute atomic E-state index is 0.222. The van der Waals surface area contributed by atoms with Crippen LogP contribution in [0.5, 0.6) is 0 Å². The largest absolute Gasteiger partial charge is 0.451 e. The first-order valence-corrected chi connectivity index (χ1v) is 7.94. The van der Waals surface area contributed by atoms with Gasteiger partial charge in [0.1, 0.15) is 5.58 Å². The SMILES string of the molecule is O=C(Nc1cccc(N2CCCC2)c1)c1cc2ccccc2o1. The maximum Gasteiger partial charge on any atom is 0.291 e. The van der Waals surface area contributed by atoms with Crippen LogP contribution in [0.25, 0.3) is 11.0 Å². The van der Waals surface area contributed by atoms with Crippen molar-refractivity contribution < 1.29 is 9.21 Å². The van der Waals surface area contributed by atoms with Crippen LogP contribution in [0.2, 0.25) is 0 Å². The molecule has 1 amide bonds. The number of anilines is 2. The highest BCUT2D eigenvalue weighted by atomic mass is 16.3. The van der Waals surface area contributed by atoms with Gasteiger partial charge in [0.2, 0.25) is 0 Å². The summed E-state index contributed by atoms with van der Waals surface area (Å²) < 4.78 is 5.61. The van der Waals surface area contributed by atoms with Crippen molar-refractivity contribution in [2.75, 3.05) is 23.3 Å². The van der Waals surface area contributed by atoms with Crippen molar-refractivity contribution in [2.24, 2.45) is 0 Å². The predicted octanol–water partition coefficient (Wildman–Crippen LogP) is 4.29. The Hall–Kier alpha value is -2.75. The molecular weight excluding hydrogens is 288 g/mol. The van der Waals surface area contributed by atoms with E-state index >= 15 is 0 Å². The molecule has 0 atom stereocenters. The molecule has 1 aromatic heterocycles. The quantitative estimate of drug-likeness (QED) is 0.785. The maximum atomic E-state index is 12.4. The number of hydrogen-bond donors (Lipinski definition) is 1. The van der Waals surface area contributed by atoms with Crippen LogP contribution in [0.1, 0.15) is 23.4 Å². The molecule has 0 saturated carbocycles. The molecule has 0 spiro atoms. The Balaban J connectivity index is 1.55. The average Bonchev–Trinajstić information content (AvgIpc) is 3.24. The molecule has 1 saturated heterocycles. The van der Waals surface area contributed by atoms with Crippen molar-refractivity contribution in [3.8, 4) is 0 Å². The van der Waals surface area contributed by atoms with Gasteiger partial charge in [-0.15, -0.1) is 0 Å². The van der Waals surface area contributed by atoms with Gasteiger partial charge in [-0.25, -0.2) is 0 Å². The summed E-state index contributed by atoms with van der Waals surface area (Å²) in [5.41, 5.74) is 2.67. The molecule has 1 N–H and O–H groups in total. The van der Waals surface area contributed by atoms with Crippen LogP contribution in [0.15, 0.2) is 59.0 Å². The molecule has 1 aliphatic rings. The van der Waals surface area contributed by atoms with Gasteiger partial charge >= 0.3 is 0 Å². The van der Waals surface area contributed by atoms with E-state index in [-0.39, 0.29) is 5.91 Å². The Morgan fingerprint density at radius 3 is 2.65 bits per heavy atom. The van der Waals surface area contributed by atoms with Gasteiger partial charge in [-0.05, 0) is 43.2 Å². The topological polar surface area (TPSA) is 45.5 Å². The van der Waals surface area contributed by atoms with Gasteiger partial charge in [0.05, 0.1) is 0 Å². The normalized spacial score (nSPS) is 14.3. The predicted molar refractivity (Wildman–Crippen MR) is 92.1 cm³/mol. The Bertz CT molecular complexity index is 814. The molecule has 0 aliphatic carbocycles. The van der Waals surface area contributed by atoms with Crippen LogP contribution in [0, 0.1) is 0 Å². The average molecular weight is 306 g/mol. The lowest BCUT2D eigenvalue weighted by Gasteiger charge is -2.18. The minimum Gasteiger partial charge on any atom is -0.451 e. The molecule has 0 bridgehead atoms. The lowest BCUT2D eigenvalue weighted by Crippen LogP contribution is -2.18. The number of carbonyl (C=O) groups is 1. The molecule has 1 fully saturated rings. The fraction of sp³-hybridized carbons (Fsp3) is 0.211. The van der Waals surface area contributed by atoms with Gasteiger partial charge in [-0.2, -0.15) is 0 Å². The molecular formula is C19H18N2O2. The van der Waals surface area contributed by atoms with Crippen LogP contribution >= 0.6 is 0 Å². The Kier molecular flexibility index (Phi) is 3.50. The van der Waals surface area contributed by atoms with Gasteiger partial charge in [-0.3, -0.25) is 4.79 Å². The third-order valence-corrected chi connectivity index (χ3v) is 4.22. The maximum absolute atomic E-state index is 12.4. The van der Waals surface area contributed by atoms with Crippen molar-refractivity contribution in [2.45, 2.75) is 12.8 Å². The van der Waals surface area contributed by atoms with Gasteiger partial charge in [-0.1, -0.05) is 24.3 Å². The molecule has 4 heteroatoms. The third kappa shape index (κ3) is 2.80. The molecule has 1 aliphatic heterocycles. The van der Waals surface area contributed by atoms with E-state index in [1.54, 1.807) is 6.07 Å². The lowest BCUT2D eigenvalue weighted by molar-refractivity contribution is 0.0998. The molecule has 116 valence electrons. The number of benzene rings is 2. The van der Waals surface area contributed by atoms with E-state index in [9.17, 15) is 4.79 Å². The molecule has 2 heterocycles. The highest BCUT2D eigenvalue weighted by Crippen LogP contribution is 2.24. The second kappa shape index (κ2) is 5.80. The van der Waals surface area contributed by atoms with Crippen LogP contribution < -0.4 is 10.2 Å². The second-order valence-corrected chi connectivity index (χ2v) is 5.85. The first-order valence-electron chi connectivity index (χ1n) is 7.94. The number of para-hydroxylation sites is 1. The summed E-state index contributed by atoms with van der Waals surface area (Å²) in [6.45, 7) is 2.17. The van der Waals surface area contributed by atoms with E-state index in [0.717, 1.165) is 35.4 Å². The third-order valence-electron chi connectivity index (χ3n) is 4.22. The van der Waals surface area contributed by atoms with E-state index < -0.39 is 0 Å². The number of carbonyl (C=O) groups excluding carboxylic acids is 1. The standard InChI is InChI=1S/C19H18N2O2/c22-19(18-12-14-6-1-2-9-17(14)23-18)20-15-7-5-8-16(13-15)21-10-3-4-11-21/h1-2,5-9,12-13H,3-4,10-11H2,(H,20,22). The lowest BCUT2D eigenvalue weighted by atomic mass is 10.2. The molecule has 0 unspecified atom stereocenters. The first-order chi connectivity index (χ1) is 11.3. The van der Waals surface area contributed by atoms with Crippen LogP contribution in [0.3, 0.4) is 0 Å². The molecule has 23 heavy (non-hydrogen) atoms. The summed E-state index contributed by atoms with van der Waals surface area (Å²) in [5.74, 6) is 0.109. The Morgan fingerprint density at radius 2 is 1.83 bits per heavy atom. The molecule has 0 radical (unpaired) electrons. The fourth-order valence-electron chi connectivity index (χ4n) is 3.04. The van der Waals surface area contributed by atoms with E-state index in [1.807, 2.05) is 42.5 Å². The Morgan fingerprint density at radius 1 is 1.00 bits per heavy atom. The van der Waals surface area contributed by atoms with Crippen molar-refractivity contribution in [1.29, 1.82) is 0 Å². The number of furan rings is 1. The summed E-state index contributed by atoms with van der Waals surface area (Å²) in [6.07, 6.45) is 2.46. The first kappa shape index (κ1) is 13.9. The summed E-state index contributed by atoms with van der Waals surface area (Å²) in [7, 11) is 0. The number of rotatable bonds is 3. The van der Waals surface area contributed by atoms with Crippen LogP contribution in [-0.4, -0.2) is 19.0 Å². The fourth-order valence-corrected chi connectivity index (χ4v) is 3.04. The summed E-state index contributed by atoms with van der Waals surface area (Å²) in [4.78, 5) is 14.7. The van der Waals surface area contributed by atoms with Crippen molar-refractivity contribution in [1.82, 2.24) is 0 Å². The van der Waals surface area contributed by atoms with Gasteiger partial charge in [0.25, 0.3) is 5.91 Å². The number of hydrogen-bond acceptors (Lipinski definition) is 3. The molecule has 2 aromatic carbocycles. The molecule has 4 nitrogen and oxygen atoms in total. The van der Waals surface area contributed by atoms with Gasteiger partial charge in [0, 0.05) is 29.9 Å². The summed E-state index contributed by atoms with van der Waals surface area (Å²) in [5, 5.41) is 3.86. The zero-order chi connectivity index (χ0) is 15.6. The van der Waals surface area contributed by atoms with Gasteiger partial charge < -0.3 is 14.6 Å². The van der Waals surface area contributed by atoms with Gasteiger partial charge in [0.15, 0.2) is 5.76 Å². The zero-order valence-corrected chi connectivity index (χ0v) is 12.8. The van der Waals surface area contributed by atoms with E-state index in [1.165, 1.54) is 12.8 Å².